The predicted octanol–water partition coefficient (Wildman–Crippen LogP) is 31.6. The van der Waals surface area contributed by atoms with E-state index in [0.717, 1.165) is 102 Å². The lowest BCUT2D eigenvalue weighted by molar-refractivity contribution is 1.02. The van der Waals surface area contributed by atoms with E-state index < -0.39 is 0 Å². The van der Waals surface area contributed by atoms with E-state index in [1.165, 1.54) is 114 Å². The summed E-state index contributed by atoms with van der Waals surface area (Å²) < 4.78 is 7.15. The smallest absolute Gasteiger partial charge is 0.238 e. The fourth-order valence-corrected chi connectivity index (χ4v) is 20.5. The van der Waals surface area contributed by atoms with Gasteiger partial charge >= 0.3 is 0 Å². The summed E-state index contributed by atoms with van der Waals surface area (Å²) in [6.45, 7) is 0. The number of nitrogens with zero attached hydrogens (tertiary/aromatic N) is 13. The van der Waals surface area contributed by atoms with Gasteiger partial charge in [-0.15, -0.1) is 0 Å². The molecular formula is C125H81N13. The van der Waals surface area contributed by atoms with Crippen molar-refractivity contribution in [2.45, 2.75) is 0 Å². The second kappa shape index (κ2) is 33.8. The van der Waals surface area contributed by atoms with E-state index in [4.69, 9.17) is 34.9 Å². The molecule has 0 saturated heterocycles. The van der Waals surface area contributed by atoms with E-state index in [1.807, 2.05) is 133 Å². The van der Waals surface area contributed by atoms with Crippen molar-refractivity contribution in [3.63, 3.8) is 0 Å². The molecule has 6 aromatic heterocycles. The maximum atomic E-state index is 5.13. The van der Waals surface area contributed by atoms with Gasteiger partial charge in [0.2, 0.25) is 11.9 Å². The third-order valence-electron chi connectivity index (χ3n) is 26.7. The number of anilines is 6. The molecule has 13 nitrogen and oxygen atoms in total. The fourth-order valence-electron chi connectivity index (χ4n) is 20.5. The first kappa shape index (κ1) is 80.0. The Morgan fingerprint density at radius 2 is 0.435 bits per heavy atom. The van der Waals surface area contributed by atoms with E-state index in [-0.39, 0.29) is 0 Å². The zero-order chi connectivity index (χ0) is 91.1. The van der Waals surface area contributed by atoms with Crippen LogP contribution in [0.2, 0.25) is 0 Å². The number of hydrogen-bond acceptors (Lipinski definition) is 10. The molecule has 13 heteroatoms. The minimum Gasteiger partial charge on any atom is -0.316 e. The lowest BCUT2D eigenvalue weighted by Gasteiger charge is -2.27. The van der Waals surface area contributed by atoms with Gasteiger partial charge in [0.05, 0.1) is 72.9 Å². The van der Waals surface area contributed by atoms with Crippen LogP contribution in [0.4, 0.5) is 34.6 Å². The van der Waals surface area contributed by atoms with Gasteiger partial charge in [-0.3, -0.25) is 9.80 Å². The highest BCUT2D eigenvalue weighted by Crippen LogP contribution is 2.51. The Morgan fingerprint density at radius 3 is 0.790 bits per heavy atom. The van der Waals surface area contributed by atoms with Gasteiger partial charge in [-0.1, -0.05) is 340 Å². The molecule has 0 spiro atoms. The minimum atomic E-state index is 0.582. The van der Waals surface area contributed by atoms with Crippen molar-refractivity contribution in [1.29, 1.82) is 0 Å². The molecule has 9 heterocycles. The molecule has 28 rings (SSSR count). The predicted molar refractivity (Wildman–Crippen MR) is 570 cm³/mol. The molecule has 0 aliphatic carbocycles. The number of benzene rings is 19. The molecule has 25 aromatic rings. The number of aromatic nitrogens is 10. The molecule has 19 aromatic carbocycles. The summed E-state index contributed by atoms with van der Waals surface area (Å²) in [6, 6.07) is 159. The second-order valence-electron chi connectivity index (χ2n) is 34.7. The van der Waals surface area contributed by atoms with Gasteiger partial charge in [0.1, 0.15) is 0 Å². The van der Waals surface area contributed by atoms with Crippen molar-refractivity contribution in [3.8, 4) is 96.3 Å². The molecule has 0 atom stereocenters. The maximum absolute atomic E-state index is 5.13. The van der Waals surface area contributed by atoms with Crippen LogP contribution in [0.3, 0.4) is 0 Å². The molecule has 0 radical (unpaired) electrons. The van der Waals surface area contributed by atoms with Gasteiger partial charge in [0, 0.05) is 129 Å². The summed E-state index contributed by atoms with van der Waals surface area (Å²) in [5.74, 6) is 3.21. The van der Waals surface area contributed by atoms with Gasteiger partial charge in [0.25, 0.3) is 0 Å². The normalized spacial score (nSPS) is 12.4. The summed E-state index contributed by atoms with van der Waals surface area (Å²) >= 11 is 0. The number of hydrogen-bond donors (Lipinski definition) is 0. The molecule has 138 heavy (non-hydrogen) atoms. The Kier molecular flexibility index (Phi) is 19.6. The largest absolute Gasteiger partial charge is 0.316 e. The van der Waals surface area contributed by atoms with Gasteiger partial charge in [-0.25, -0.2) is 24.9 Å². The van der Waals surface area contributed by atoms with Crippen molar-refractivity contribution in [1.82, 2.24) is 48.6 Å². The van der Waals surface area contributed by atoms with E-state index in [1.54, 1.807) is 0 Å². The Labute approximate surface area is 795 Å². The van der Waals surface area contributed by atoms with Crippen molar-refractivity contribution in [3.05, 3.63) is 490 Å². The van der Waals surface area contributed by atoms with Crippen LogP contribution in [0.25, 0.3) is 212 Å². The first-order valence-electron chi connectivity index (χ1n) is 46.5. The monoisotopic (exact) mass is 1760 g/mol. The highest BCUT2D eigenvalue weighted by atomic mass is 15.3. The molecule has 0 unspecified atom stereocenters. The third-order valence-corrected chi connectivity index (χ3v) is 26.7. The van der Waals surface area contributed by atoms with Crippen molar-refractivity contribution in [2.24, 2.45) is 0 Å². The van der Waals surface area contributed by atoms with Gasteiger partial charge in [0.15, 0.2) is 17.5 Å². The number of rotatable bonds is 13. The molecule has 0 bridgehead atoms. The van der Waals surface area contributed by atoms with E-state index >= 15 is 0 Å². The summed E-state index contributed by atoms with van der Waals surface area (Å²) in [4.78, 5) is 41.9. The maximum Gasteiger partial charge on any atom is 0.238 e. The molecule has 3 aliphatic rings. The molecular weight excluding hydrogens is 1680 g/mol. The lowest BCUT2D eigenvalue weighted by Crippen LogP contribution is -2.16. The fraction of sp³-hybridized carbons (Fsp3) is 0. The molecule has 0 amide bonds. The molecule has 0 saturated carbocycles. The first-order valence-corrected chi connectivity index (χ1v) is 46.5. The van der Waals surface area contributed by atoms with Gasteiger partial charge in [-0.2, -0.15) is 9.97 Å². The van der Waals surface area contributed by atoms with E-state index in [9.17, 15) is 0 Å². The van der Waals surface area contributed by atoms with Crippen LogP contribution in [0.5, 0.6) is 0 Å². The Hall–Kier alpha value is -18.9. The van der Waals surface area contributed by atoms with Gasteiger partial charge < -0.3 is 18.6 Å². The first-order chi connectivity index (χ1) is 68.5. The average Bonchev–Trinajstić information content (AvgIpc) is 1.54. The van der Waals surface area contributed by atoms with Crippen molar-refractivity contribution in [2.75, 3.05) is 14.7 Å². The Morgan fingerprint density at radius 1 is 0.167 bits per heavy atom. The van der Waals surface area contributed by atoms with Crippen molar-refractivity contribution < 1.29 is 0 Å². The SMILES string of the molecule is C1=CN(c2cccc(-c3nc(-c4ccccc4)cc(-c4ccccc4)n3)c2)c2cccc3cc4c(c1c23)c1ccccc1n4-c1ccccc1.C1=CN(c2nc(-c3ccccc3)cc(-c3ccccc3)n2)c2cccc3cc4c(c1c23)c1ccccc1n4-c1ccccc1.C1=CN(c2nc(-c3ccccc3)nc(-c3ccccc3)n2)c2cccc3cc4c(c1c23)c1ccccc1n4-c1ccccc1. The standard InChI is InChI=1S/C46H30N4.C40H26N4.C39H25N5/c1-4-14-31(15-5-1)39-30-40(32-16-6-2-7-17-32)48-46(47-39)34-19-12-22-36(28-34)49-27-26-38-44-33(18-13-25-42(44)49)29-43-45(38)37-23-10-11-24-41(37)50(43)35-20-8-3-9-21-35;1-4-13-27(14-5-1)33-26-34(28-15-6-2-7-16-28)42-40(41-33)43-24-23-32-38-29(17-12-22-36(38)43)25-37-39(32)31-20-10-11-21-35(31)44(37)30-18-8-3-9-19-30;1-4-13-26(14-5-1)37-40-38(27-15-6-2-7-16-27)42-39(41-37)43-24-23-31-35-28(17-12-22-33(35)43)25-34-36(31)30-20-10-11-21-32(30)44(34)29-18-8-3-9-19-29/h1-30H;1-26H;1-25H. The quantitative estimate of drug-likeness (QED) is 0.111. The molecule has 0 N–H and O–H groups in total. The highest BCUT2D eigenvalue weighted by molar-refractivity contribution is 6.25. The second-order valence-corrected chi connectivity index (χ2v) is 34.7. The summed E-state index contributed by atoms with van der Waals surface area (Å²) in [7, 11) is 0. The molecule has 646 valence electrons. The Balaban J connectivity index is 0.000000107. The van der Waals surface area contributed by atoms with Crippen LogP contribution < -0.4 is 14.7 Å². The van der Waals surface area contributed by atoms with Crippen LogP contribution in [-0.2, 0) is 0 Å². The van der Waals surface area contributed by atoms with Crippen LogP contribution in [-0.4, -0.2) is 48.6 Å². The highest BCUT2D eigenvalue weighted by Gasteiger charge is 2.30. The average molecular weight is 1770 g/mol. The number of fused-ring (bicyclic) bond motifs is 12. The van der Waals surface area contributed by atoms with Crippen LogP contribution in [0.1, 0.15) is 16.7 Å². The summed E-state index contributed by atoms with van der Waals surface area (Å²) in [5, 5.41) is 14.7. The summed E-state index contributed by atoms with van der Waals surface area (Å²) in [5.41, 5.74) is 29.3. The van der Waals surface area contributed by atoms with E-state index in [2.05, 4.69) is 387 Å². The number of para-hydroxylation sites is 6. The topological polar surface area (TPSA) is 115 Å². The Bertz CT molecular complexity index is 8670. The zero-order valence-corrected chi connectivity index (χ0v) is 74.6. The van der Waals surface area contributed by atoms with Gasteiger partial charge in [-0.05, 0) is 166 Å². The zero-order valence-electron chi connectivity index (χ0n) is 74.6. The third kappa shape index (κ3) is 13.9. The van der Waals surface area contributed by atoms with E-state index in [0.29, 0.717) is 29.4 Å². The summed E-state index contributed by atoms with van der Waals surface area (Å²) in [6.07, 6.45) is 13.2. The molecule has 3 aliphatic heterocycles. The lowest BCUT2D eigenvalue weighted by atomic mass is 9.94. The minimum absolute atomic E-state index is 0.582. The van der Waals surface area contributed by atoms with Crippen LogP contribution in [0, 0.1) is 0 Å². The molecule has 0 fully saturated rings. The van der Waals surface area contributed by atoms with Crippen LogP contribution in [0.15, 0.2) is 474 Å². The van der Waals surface area contributed by atoms with Crippen molar-refractivity contribution >= 4 is 151 Å². The van der Waals surface area contributed by atoms with Crippen LogP contribution >= 0.6 is 0 Å².